The van der Waals surface area contributed by atoms with E-state index in [1.165, 1.54) is 0 Å². The van der Waals surface area contributed by atoms with Crippen molar-refractivity contribution in [3.63, 3.8) is 0 Å². The molecule has 1 amide bonds. The number of aliphatic hydroxyl groups is 10. The topological polar surface area (TPSA) is 327 Å². The van der Waals surface area contributed by atoms with Crippen molar-refractivity contribution in [2.45, 2.75) is 118 Å². The Morgan fingerprint density at radius 3 is 2.07 bits per heavy atom. The minimum absolute atomic E-state index is 0. The second-order valence-electron chi connectivity index (χ2n) is 10.9. The van der Waals surface area contributed by atoms with Crippen LogP contribution in [0.1, 0.15) is 20.3 Å². The van der Waals surface area contributed by atoms with Crippen molar-refractivity contribution in [2.75, 3.05) is 26.4 Å². The van der Waals surface area contributed by atoms with E-state index in [2.05, 4.69) is 5.32 Å². The number of rotatable bonds is 13. The molecule has 20 nitrogen and oxygen atoms in total. The molecule has 0 unspecified atom stereocenters. The molecule has 46 heavy (non-hydrogen) atoms. The second-order valence-corrected chi connectivity index (χ2v) is 10.9. The monoisotopic (exact) mass is 683 g/mol. The zero-order valence-corrected chi connectivity index (χ0v) is 27.3. The molecule has 0 radical (unpaired) electrons. The van der Waals surface area contributed by atoms with Crippen molar-refractivity contribution >= 4 is 11.9 Å². The summed E-state index contributed by atoms with van der Waals surface area (Å²) in [7, 11) is 0. The molecule has 11 N–H and O–H groups in total. The van der Waals surface area contributed by atoms with Crippen molar-refractivity contribution in [3.8, 4) is 0 Å². The van der Waals surface area contributed by atoms with E-state index in [1.807, 2.05) is 0 Å². The molecule has 0 aromatic carbocycles. The maximum Gasteiger partial charge on any atom is 1.00 e. The van der Waals surface area contributed by atoms with Crippen molar-refractivity contribution in [1.29, 1.82) is 0 Å². The van der Waals surface area contributed by atoms with E-state index in [-0.39, 0.29) is 36.2 Å². The predicted octanol–water partition coefficient (Wildman–Crippen LogP) is -11.5. The van der Waals surface area contributed by atoms with Gasteiger partial charge in [-0.25, -0.2) is 0 Å². The Morgan fingerprint density at radius 1 is 0.935 bits per heavy atom. The molecule has 0 saturated carbocycles. The SMILES string of the molecule is CCO[C@@H]1O[C@H](CO)[C@@H](O[C@@H]2O[C@H](CO)[C@H](O)[C@H](O[C@]3(C(=O)[O-])C[C@H](O)[C@@H](NC(C)=O)[C@H]([C@@H](O)[C@H](O)CO)O3)[C@H]2O)[C@H](O)[C@H]1O.[Na+]. The van der Waals surface area contributed by atoms with Gasteiger partial charge in [-0.3, -0.25) is 4.79 Å². The first kappa shape index (κ1) is 41.5. The summed E-state index contributed by atoms with van der Waals surface area (Å²) in [6, 6.07) is -1.56. The molecular weight excluding hydrogens is 641 g/mol. The Bertz CT molecular complexity index is 982. The number of hydrogen-bond donors (Lipinski definition) is 11. The summed E-state index contributed by atoms with van der Waals surface area (Å²) in [6.45, 7) is -0.124. The van der Waals surface area contributed by atoms with Crippen LogP contribution in [-0.4, -0.2) is 187 Å². The van der Waals surface area contributed by atoms with Crippen molar-refractivity contribution in [2.24, 2.45) is 0 Å². The van der Waals surface area contributed by atoms with E-state index in [0.717, 1.165) is 6.92 Å². The smallest absolute Gasteiger partial charge is 0.544 e. The number of hydrogen-bond acceptors (Lipinski definition) is 19. The fraction of sp³-hybridized carbons (Fsp3) is 0.920. The molecule has 3 rings (SSSR count). The van der Waals surface area contributed by atoms with Gasteiger partial charge in [0.25, 0.3) is 0 Å². The van der Waals surface area contributed by atoms with E-state index < -0.39 is 136 Å². The number of carboxylic acid groups (broad SMARTS) is 1. The van der Waals surface area contributed by atoms with E-state index in [9.17, 15) is 65.8 Å². The van der Waals surface area contributed by atoms with Crippen LogP contribution in [0, 0.1) is 0 Å². The molecule has 3 aliphatic rings. The van der Waals surface area contributed by atoms with Crippen LogP contribution in [0.4, 0.5) is 0 Å². The largest absolute Gasteiger partial charge is 1.00 e. The molecule has 3 fully saturated rings. The van der Waals surface area contributed by atoms with E-state index >= 15 is 0 Å². The maximum absolute atomic E-state index is 12.5. The Balaban J connectivity index is 0.00000736. The van der Waals surface area contributed by atoms with Gasteiger partial charge in [0.15, 0.2) is 12.6 Å². The van der Waals surface area contributed by atoms with Crippen LogP contribution >= 0.6 is 0 Å². The number of ether oxygens (including phenoxy) is 6. The summed E-state index contributed by atoms with van der Waals surface area (Å²) < 4.78 is 32.6. The van der Waals surface area contributed by atoms with Crippen molar-refractivity contribution in [3.05, 3.63) is 0 Å². The summed E-state index contributed by atoms with van der Waals surface area (Å²) in [5.41, 5.74) is 0. The summed E-state index contributed by atoms with van der Waals surface area (Å²) in [6.07, 6.45) is -26.9. The molecule has 3 heterocycles. The summed E-state index contributed by atoms with van der Waals surface area (Å²) in [4.78, 5) is 24.3. The van der Waals surface area contributed by atoms with Gasteiger partial charge in [0.1, 0.15) is 73.1 Å². The molecule has 0 spiro atoms. The van der Waals surface area contributed by atoms with Gasteiger partial charge >= 0.3 is 29.6 Å². The normalized spacial score (nSPS) is 42.8. The van der Waals surface area contributed by atoms with Crippen LogP contribution in [-0.2, 0) is 38.0 Å². The molecular formula is C25H42NNaO19. The van der Waals surface area contributed by atoms with Gasteiger partial charge in [-0.05, 0) is 6.92 Å². The molecule has 0 aromatic heterocycles. The second kappa shape index (κ2) is 17.8. The molecule has 262 valence electrons. The van der Waals surface area contributed by atoms with Crippen LogP contribution in [0.5, 0.6) is 0 Å². The number of amides is 1. The van der Waals surface area contributed by atoms with Crippen LogP contribution in [0.3, 0.4) is 0 Å². The fourth-order valence-electron chi connectivity index (χ4n) is 5.44. The maximum atomic E-state index is 12.5. The zero-order chi connectivity index (χ0) is 33.8. The standard InChI is InChI=1S/C25H43NO19.Na/c1-3-40-22-17(36)16(35)19(12(7-29)42-22)43-23-18(37)21(15(34)11(6-28)41-23)45-25(24(38)39)4-9(31)13(26-8(2)30)20(44-25)14(33)10(32)5-27;/h9-23,27-29,31-37H,3-7H2,1-2H3,(H,26,30)(H,38,39);/q;+1/p-1/t9-,10+,11+,12+,13+,14-,15-,16+,17+,18+,19+,20+,21-,22+,23-,25-;/m0./s1. The van der Waals surface area contributed by atoms with Gasteiger partial charge in [-0.1, -0.05) is 0 Å². The third-order valence-electron chi connectivity index (χ3n) is 7.76. The first-order chi connectivity index (χ1) is 21.2. The number of aliphatic hydroxyl groups excluding tert-OH is 10. The first-order valence-corrected chi connectivity index (χ1v) is 14.2. The molecule has 16 atom stereocenters. The first-order valence-electron chi connectivity index (χ1n) is 14.2. The summed E-state index contributed by atoms with van der Waals surface area (Å²) in [5.74, 6) is -6.08. The third-order valence-corrected chi connectivity index (χ3v) is 7.76. The van der Waals surface area contributed by atoms with Crippen LogP contribution in [0.15, 0.2) is 0 Å². The molecule has 3 saturated heterocycles. The Morgan fingerprint density at radius 2 is 1.54 bits per heavy atom. The Kier molecular flexibility index (Phi) is 16.1. The van der Waals surface area contributed by atoms with Gasteiger partial charge in [0.05, 0.1) is 32.0 Å². The Labute approximate surface area is 284 Å². The van der Waals surface area contributed by atoms with Crippen molar-refractivity contribution < 1.29 is 124 Å². The van der Waals surface area contributed by atoms with Gasteiger partial charge in [-0.2, -0.15) is 0 Å². The van der Waals surface area contributed by atoms with Crippen molar-refractivity contribution in [1.82, 2.24) is 5.32 Å². The molecule has 0 aliphatic carbocycles. The van der Waals surface area contributed by atoms with Crippen LogP contribution in [0.25, 0.3) is 0 Å². The van der Waals surface area contributed by atoms with E-state index in [1.54, 1.807) is 6.92 Å². The summed E-state index contributed by atoms with van der Waals surface area (Å²) >= 11 is 0. The third kappa shape index (κ3) is 8.90. The number of carboxylic acids is 1. The molecule has 3 aliphatic heterocycles. The van der Waals surface area contributed by atoms with Gasteiger partial charge in [0, 0.05) is 20.0 Å². The fourth-order valence-corrected chi connectivity index (χ4v) is 5.44. The number of nitrogens with one attached hydrogen (secondary N) is 1. The van der Waals surface area contributed by atoms with Gasteiger partial charge in [-0.15, -0.1) is 0 Å². The van der Waals surface area contributed by atoms with Gasteiger partial charge in [0.2, 0.25) is 11.7 Å². The summed E-state index contributed by atoms with van der Waals surface area (Å²) in [5, 5.41) is 118. The molecule has 0 aromatic rings. The quantitative estimate of drug-likeness (QED) is 0.0803. The zero-order valence-electron chi connectivity index (χ0n) is 25.3. The minimum atomic E-state index is -3.12. The van der Waals surface area contributed by atoms with Gasteiger partial charge < -0.3 is 94.7 Å². The average Bonchev–Trinajstić information content (AvgIpc) is 3.00. The van der Waals surface area contributed by atoms with Crippen LogP contribution in [0.2, 0.25) is 0 Å². The van der Waals surface area contributed by atoms with Crippen LogP contribution < -0.4 is 40.0 Å². The number of carbonyl (C=O) groups is 2. The van der Waals surface area contributed by atoms with E-state index in [0.29, 0.717) is 0 Å². The molecule has 21 heteroatoms. The Hall–Kier alpha value is -0.700. The number of carbonyl (C=O) groups excluding carboxylic acids is 2. The number of aliphatic carboxylic acids is 1. The minimum Gasteiger partial charge on any atom is -0.544 e. The average molecular weight is 684 g/mol. The predicted molar refractivity (Wildman–Crippen MR) is 137 cm³/mol. The van der Waals surface area contributed by atoms with E-state index in [4.69, 9.17) is 28.4 Å². The molecule has 0 bridgehead atoms.